The number of likely N-dealkylation sites (N-methyl/N-ethyl adjacent to an activating group) is 1. The molecule has 1 unspecified atom stereocenters. The molecular formula is C24H29N7O2S. The van der Waals surface area contributed by atoms with Crippen molar-refractivity contribution in [2.45, 2.75) is 6.17 Å². The van der Waals surface area contributed by atoms with Gasteiger partial charge in [0.05, 0.1) is 29.1 Å². The van der Waals surface area contributed by atoms with Crippen LogP contribution in [-0.2, 0) is 0 Å². The van der Waals surface area contributed by atoms with Gasteiger partial charge >= 0.3 is 0 Å². The van der Waals surface area contributed by atoms with E-state index < -0.39 is 0 Å². The van der Waals surface area contributed by atoms with E-state index in [4.69, 9.17) is 4.74 Å². The van der Waals surface area contributed by atoms with Crippen molar-refractivity contribution in [2.24, 2.45) is 0 Å². The summed E-state index contributed by atoms with van der Waals surface area (Å²) in [5.74, 6) is 0.779. The molecule has 9 nitrogen and oxygen atoms in total. The van der Waals surface area contributed by atoms with Gasteiger partial charge in [-0.15, -0.1) is 11.3 Å². The van der Waals surface area contributed by atoms with Crippen molar-refractivity contribution in [1.29, 1.82) is 0 Å². The number of rotatable bonds is 7. The second kappa shape index (κ2) is 9.13. The summed E-state index contributed by atoms with van der Waals surface area (Å²) in [6, 6.07) is 9.98. The molecule has 34 heavy (non-hydrogen) atoms. The predicted octanol–water partition coefficient (Wildman–Crippen LogP) is 3.50. The zero-order chi connectivity index (χ0) is 23.8. The van der Waals surface area contributed by atoms with Gasteiger partial charge in [-0.2, -0.15) is 5.10 Å². The van der Waals surface area contributed by atoms with Crippen LogP contribution in [0.15, 0.2) is 36.5 Å². The Morgan fingerprint density at radius 1 is 1.24 bits per heavy atom. The van der Waals surface area contributed by atoms with Gasteiger partial charge in [-0.25, -0.2) is 0 Å². The molecule has 2 aromatic carbocycles. The molecule has 2 aromatic heterocycles. The van der Waals surface area contributed by atoms with Crippen molar-refractivity contribution < 1.29 is 9.53 Å². The molecule has 1 aliphatic rings. The minimum absolute atomic E-state index is 0.00182. The summed E-state index contributed by atoms with van der Waals surface area (Å²) in [4.78, 5) is 16.1. The van der Waals surface area contributed by atoms with Crippen LogP contribution in [0.1, 0.15) is 22.1 Å². The van der Waals surface area contributed by atoms with Crippen molar-refractivity contribution in [3.05, 3.63) is 47.7 Å². The van der Waals surface area contributed by atoms with E-state index in [-0.39, 0.29) is 12.1 Å². The molecule has 4 aromatic rings. The average molecular weight is 480 g/mol. The second-order valence-electron chi connectivity index (χ2n) is 8.85. The number of nitrogens with zero attached hydrogens (tertiary/aromatic N) is 3. The SMILES string of the molecule is CN(C)CCOc1cc2[nH]ncc2cc1NC1NCNc2sc3cc(C(=O)N(C)C)ccc3c21. The number of carbonyl (C=O) groups is 1. The molecule has 0 spiro atoms. The maximum absolute atomic E-state index is 12.5. The van der Waals surface area contributed by atoms with E-state index in [0.717, 1.165) is 49.5 Å². The monoisotopic (exact) mass is 479 g/mol. The largest absolute Gasteiger partial charge is 0.490 e. The van der Waals surface area contributed by atoms with Crippen LogP contribution in [0.25, 0.3) is 21.0 Å². The lowest BCUT2D eigenvalue weighted by Crippen LogP contribution is -2.36. The van der Waals surface area contributed by atoms with Gasteiger partial charge in [0.25, 0.3) is 5.91 Å². The van der Waals surface area contributed by atoms with Gasteiger partial charge < -0.3 is 25.2 Å². The van der Waals surface area contributed by atoms with Crippen LogP contribution in [0.2, 0.25) is 0 Å². The summed E-state index contributed by atoms with van der Waals surface area (Å²) < 4.78 is 7.23. The van der Waals surface area contributed by atoms with Crippen LogP contribution in [-0.4, -0.2) is 73.9 Å². The van der Waals surface area contributed by atoms with Crippen molar-refractivity contribution in [2.75, 3.05) is 58.6 Å². The molecule has 3 heterocycles. The van der Waals surface area contributed by atoms with E-state index in [0.29, 0.717) is 18.8 Å². The molecule has 0 bridgehead atoms. The Kier molecular flexibility index (Phi) is 6.03. The molecule has 1 amide bonds. The number of aromatic nitrogens is 2. The van der Waals surface area contributed by atoms with Crippen LogP contribution in [0, 0.1) is 0 Å². The lowest BCUT2D eigenvalue weighted by molar-refractivity contribution is 0.0828. The summed E-state index contributed by atoms with van der Waals surface area (Å²) in [5.41, 5.74) is 3.66. The molecule has 5 rings (SSSR count). The summed E-state index contributed by atoms with van der Waals surface area (Å²) in [6.07, 6.45) is 1.69. The first-order chi connectivity index (χ1) is 16.4. The minimum Gasteiger partial charge on any atom is -0.490 e. The number of thiophene rings is 1. The summed E-state index contributed by atoms with van der Waals surface area (Å²) in [6.45, 7) is 2.03. The Labute approximate surface area is 202 Å². The maximum atomic E-state index is 12.5. The van der Waals surface area contributed by atoms with E-state index in [1.165, 1.54) is 0 Å². The summed E-state index contributed by atoms with van der Waals surface area (Å²) >= 11 is 1.67. The average Bonchev–Trinajstić information content (AvgIpc) is 3.41. The molecule has 4 N–H and O–H groups in total. The number of anilines is 2. The fraction of sp³-hybridized carbons (Fsp3) is 0.333. The lowest BCUT2D eigenvalue weighted by Gasteiger charge is -2.28. The Bertz CT molecular complexity index is 1340. The Hall–Kier alpha value is -3.34. The summed E-state index contributed by atoms with van der Waals surface area (Å²) in [5, 5.41) is 21.1. The minimum atomic E-state index is -0.124. The fourth-order valence-electron chi connectivity index (χ4n) is 4.08. The van der Waals surface area contributed by atoms with Crippen molar-refractivity contribution in [3.8, 4) is 5.75 Å². The van der Waals surface area contributed by atoms with Crippen molar-refractivity contribution in [1.82, 2.24) is 25.3 Å². The Morgan fingerprint density at radius 3 is 2.88 bits per heavy atom. The highest BCUT2D eigenvalue weighted by atomic mass is 32.1. The fourth-order valence-corrected chi connectivity index (χ4v) is 5.26. The number of amides is 1. The molecule has 0 saturated heterocycles. The van der Waals surface area contributed by atoms with E-state index in [1.807, 2.05) is 44.6 Å². The molecule has 1 aliphatic heterocycles. The van der Waals surface area contributed by atoms with Gasteiger partial charge in [0.15, 0.2) is 0 Å². The van der Waals surface area contributed by atoms with Crippen molar-refractivity contribution >= 4 is 48.9 Å². The van der Waals surface area contributed by atoms with Crippen LogP contribution in [0.4, 0.5) is 10.7 Å². The van der Waals surface area contributed by atoms with Gasteiger partial charge in [-0.1, -0.05) is 6.07 Å². The zero-order valence-corrected chi connectivity index (χ0v) is 20.5. The zero-order valence-electron chi connectivity index (χ0n) is 19.7. The second-order valence-corrected chi connectivity index (χ2v) is 9.90. The first-order valence-electron chi connectivity index (χ1n) is 11.2. The normalized spacial score (nSPS) is 15.4. The molecule has 178 valence electrons. The van der Waals surface area contributed by atoms with Crippen molar-refractivity contribution in [3.63, 3.8) is 0 Å². The lowest BCUT2D eigenvalue weighted by atomic mass is 10.1. The van der Waals surface area contributed by atoms with Gasteiger partial charge in [-0.3, -0.25) is 15.2 Å². The maximum Gasteiger partial charge on any atom is 0.253 e. The topological polar surface area (TPSA) is 97.5 Å². The number of benzene rings is 2. The van der Waals surface area contributed by atoms with E-state index in [9.17, 15) is 4.79 Å². The smallest absolute Gasteiger partial charge is 0.253 e. The molecule has 0 fully saturated rings. The molecule has 0 radical (unpaired) electrons. The first-order valence-corrected chi connectivity index (χ1v) is 12.0. The number of aromatic amines is 1. The molecular weight excluding hydrogens is 450 g/mol. The van der Waals surface area contributed by atoms with Crippen LogP contribution >= 0.6 is 11.3 Å². The molecule has 0 saturated carbocycles. The first kappa shape index (κ1) is 22.5. The Morgan fingerprint density at radius 2 is 2.09 bits per heavy atom. The number of hydrogen-bond donors (Lipinski definition) is 4. The third kappa shape index (κ3) is 4.27. The highest BCUT2D eigenvalue weighted by molar-refractivity contribution is 7.23. The number of hydrogen-bond acceptors (Lipinski definition) is 8. The number of carbonyl (C=O) groups excluding carboxylic acids is 1. The predicted molar refractivity (Wildman–Crippen MR) is 138 cm³/mol. The standard InChI is InChI=1S/C24H29N7O2S/c1-30(2)7-8-33-19-11-17-15(12-27-29-17)9-18(19)28-22-21-16-6-5-14(24(32)31(3)4)10-20(16)34-23(21)26-13-25-22/h5-6,9-12,22,25-26,28H,7-8,13H2,1-4H3,(H,27,29). The molecule has 10 heteroatoms. The number of fused-ring (bicyclic) bond motifs is 4. The third-order valence-electron chi connectivity index (χ3n) is 5.86. The van der Waals surface area contributed by atoms with Crippen LogP contribution in [0.5, 0.6) is 5.75 Å². The van der Waals surface area contributed by atoms with E-state index in [2.05, 4.69) is 37.1 Å². The number of ether oxygens (including phenoxy) is 1. The molecule has 0 aliphatic carbocycles. The van der Waals surface area contributed by atoms with Gasteiger partial charge in [0, 0.05) is 53.3 Å². The van der Waals surface area contributed by atoms with E-state index >= 15 is 0 Å². The third-order valence-corrected chi connectivity index (χ3v) is 6.99. The quantitative estimate of drug-likeness (QED) is 0.322. The van der Waals surface area contributed by atoms with Crippen LogP contribution < -0.4 is 20.7 Å². The molecule has 1 atom stereocenters. The number of H-pyrrole nitrogens is 1. The van der Waals surface area contributed by atoms with Gasteiger partial charge in [-0.05, 0) is 32.3 Å². The highest BCUT2D eigenvalue weighted by Gasteiger charge is 2.26. The van der Waals surface area contributed by atoms with Gasteiger partial charge in [0.2, 0.25) is 0 Å². The van der Waals surface area contributed by atoms with Crippen LogP contribution in [0.3, 0.4) is 0 Å². The van der Waals surface area contributed by atoms with E-state index in [1.54, 1.807) is 30.3 Å². The number of nitrogens with one attached hydrogen (secondary N) is 4. The van der Waals surface area contributed by atoms with Gasteiger partial charge in [0.1, 0.15) is 18.5 Å². The Balaban J connectivity index is 1.49. The highest BCUT2D eigenvalue weighted by Crippen LogP contribution is 2.43. The summed E-state index contributed by atoms with van der Waals surface area (Å²) in [7, 11) is 7.60.